The largest absolute Gasteiger partial charge is 0.370 e. The molecule has 1 heterocycles. The number of pyridine rings is 1. The van der Waals surface area contributed by atoms with Gasteiger partial charge in [-0.25, -0.2) is 0 Å². The van der Waals surface area contributed by atoms with Gasteiger partial charge in [-0.15, -0.1) is 24.0 Å². The molecule has 1 aliphatic carbocycles. The van der Waals surface area contributed by atoms with Crippen molar-refractivity contribution >= 4 is 29.9 Å². The highest BCUT2D eigenvalue weighted by Crippen LogP contribution is 2.24. The number of rotatable bonds is 5. The molecule has 1 atom stereocenters. The molecule has 0 saturated heterocycles. The molecule has 1 saturated carbocycles. The van der Waals surface area contributed by atoms with Crippen molar-refractivity contribution in [3.8, 4) is 0 Å². The normalized spacial score (nSPS) is 16.9. The molecular formula is C14H23IN4. The molecule has 0 amide bonds. The van der Waals surface area contributed by atoms with Crippen LogP contribution in [0.2, 0.25) is 0 Å². The van der Waals surface area contributed by atoms with Gasteiger partial charge in [0.1, 0.15) is 0 Å². The van der Waals surface area contributed by atoms with E-state index in [0.29, 0.717) is 23.8 Å². The third-order valence-electron chi connectivity index (χ3n) is 3.30. The summed E-state index contributed by atoms with van der Waals surface area (Å²) in [5, 5.41) is 3.21. The van der Waals surface area contributed by atoms with Gasteiger partial charge in [-0.2, -0.15) is 0 Å². The Labute approximate surface area is 132 Å². The molecule has 0 bridgehead atoms. The zero-order valence-corrected chi connectivity index (χ0v) is 13.9. The van der Waals surface area contributed by atoms with Gasteiger partial charge in [-0.1, -0.05) is 19.9 Å². The van der Waals surface area contributed by atoms with Crippen molar-refractivity contribution in [3.05, 3.63) is 30.1 Å². The van der Waals surface area contributed by atoms with Gasteiger partial charge < -0.3 is 11.1 Å². The van der Waals surface area contributed by atoms with Crippen LogP contribution in [0.5, 0.6) is 0 Å². The van der Waals surface area contributed by atoms with Crippen LogP contribution in [-0.2, 0) is 0 Å². The van der Waals surface area contributed by atoms with E-state index in [1.807, 2.05) is 12.3 Å². The van der Waals surface area contributed by atoms with Crippen molar-refractivity contribution in [2.75, 3.05) is 6.54 Å². The lowest BCUT2D eigenvalue weighted by Crippen LogP contribution is -2.33. The zero-order chi connectivity index (χ0) is 13.0. The Bertz CT molecular complexity index is 401. The van der Waals surface area contributed by atoms with Crippen LogP contribution < -0.4 is 11.1 Å². The Kier molecular flexibility index (Phi) is 6.54. The van der Waals surface area contributed by atoms with Crippen LogP contribution in [0.1, 0.15) is 38.2 Å². The lowest BCUT2D eigenvalue weighted by Gasteiger charge is -2.19. The highest BCUT2D eigenvalue weighted by atomic mass is 127. The van der Waals surface area contributed by atoms with E-state index in [-0.39, 0.29) is 24.0 Å². The number of aromatic nitrogens is 1. The molecule has 1 aromatic heterocycles. The van der Waals surface area contributed by atoms with Crippen molar-refractivity contribution in [2.24, 2.45) is 16.6 Å². The van der Waals surface area contributed by atoms with Crippen molar-refractivity contribution < 1.29 is 0 Å². The van der Waals surface area contributed by atoms with Gasteiger partial charge in [-0.3, -0.25) is 9.98 Å². The topological polar surface area (TPSA) is 63.3 Å². The minimum Gasteiger partial charge on any atom is -0.370 e. The Morgan fingerprint density at radius 1 is 1.53 bits per heavy atom. The van der Waals surface area contributed by atoms with Gasteiger partial charge in [0, 0.05) is 30.9 Å². The molecule has 0 aromatic carbocycles. The number of hydrogen-bond acceptors (Lipinski definition) is 2. The molecule has 1 unspecified atom stereocenters. The highest BCUT2D eigenvalue weighted by Gasteiger charge is 2.21. The van der Waals surface area contributed by atoms with Gasteiger partial charge in [0.25, 0.3) is 0 Å². The summed E-state index contributed by atoms with van der Waals surface area (Å²) >= 11 is 0. The lowest BCUT2D eigenvalue weighted by molar-refractivity contribution is 0.505. The second kappa shape index (κ2) is 7.67. The maximum absolute atomic E-state index is 5.86. The van der Waals surface area contributed by atoms with Crippen LogP contribution >= 0.6 is 24.0 Å². The van der Waals surface area contributed by atoms with Crippen LogP contribution in [0.3, 0.4) is 0 Å². The number of nitrogens with zero attached hydrogens (tertiary/aromatic N) is 2. The first-order chi connectivity index (χ1) is 8.66. The zero-order valence-electron chi connectivity index (χ0n) is 11.5. The maximum Gasteiger partial charge on any atom is 0.188 e. The van der Waals surface area contributed by atoms with E-state index in [1.54, 1.807) is 6.20 Å². The fourth-order valence-corrected chi connectivity index (χ4v) is 1.98. The van der Waals surface area contributed by atoms with Crippen molar-refractivity contribution in [2.45, 2.75) is 38.6 Å². The molecule has 2 rings (SSSR count). The summed E-state index contributed by atoms with van der Waals surface area (Å²) in [5.74, 6) is 1.47. The van der Waals surface area contributed by atoms with Gasteiger partial charge in [-0.05, 0) is 30.4 Å². The Morgan fingerprint density at radius 3 is 2.79 bits per heavy atom. The van der Waals surface area contributed by atoms with Gasteiger partial charge in [0.15, 0.2) is 5.96 Å². The molecule has 0 spiro atoms. The standard InChI is InChI=1S/C14H22N4.HI/c1-10(2)13(11-4-3-7-16-8-11)9-17-14(15)18-12-5-6-12;/h3-4,7-8,10,12-13H,5-6,9H2,1-2H3,(H3,15,17,18);1H. The fourth-order valence-electron chi connectivity index (χ4n) is 1.98. The molecule has 1 aromatic rings. The summed E-state index contributed by atoms with van der Waals surface area (Å²) < 4.78 is 0. The summed E-state index contributed by atoms with van der Waals surface area (Å²) in [7, 11) is 0. The summed E-state index contributed by atoms with van der Waals surface area (Å²) in [6.07, 6.45) is 6.15. The van der Waals surface area contributed by atoms with E-state index in [9.17, 15) is 0 Å². The third kappa shape index (κ3) is 5.34. The van der Waals surface area contributed by atoms with Crippen molar-refractivity contribution in [3.63, 3.8) is 0 Å². The average molecular weight is 374 g/mol. The molecule has 19 heavy (non-hydrogen) atoms. The first kappa shape index (κ1) is 16.2. The first-order valence-electron chi connectivity index (χ1n) is 6.63. The van der Waals surface area contributed by atoms with Gasteiger partial charge in [0.2, 0.25) is 0 Å². The van der Waals surface area contributed by atoms with E-state index in [0.717, 1.165) is 6.54 Å². The van der Waals surface area contributed by atoms with E-state index in [2.05, 4.69) is 35.2 Å². The number of guanidine groups is 1. The second-order valence-electron chi connectivity index (χ2n) is 5.28. The highest BCUT2D eigenvalue weighted by molar-refractivity contribution is 14.0. The lowest BCUT2D eigenvalue weighted by atomic mass is 9.89. The molecule has 3 N–H and O–H groups in total. The number of halogens is 1. The van der Waals surface area contributed by atoms with Crippen LogP contribution in [0.4, 0.5) is 0 Å². The van der Waals surface area contributed by atoms with Crippen LogP contribution in [0, 0.1) is 5.92 Å². The monoisotopic (exact) mass is 374 g/mol. The average Bonchev–Trinajstić information content (AvgIpc) is 3.14. The van der Waals surface area contributed by atoms with Gasteiger partial charge in [0.05, 0.1) is 0 Å². The predicted molar refractivity (Wildman–Crippen MR) is 89.9 cm³/mol. The Morgan fingerprint density at radius 2 is 2.26 bits per heavy atom. The van der Waals surface area contributed by atoms with Crippen molar-refractivity contribution in [1.29, 1.82) is 0 Å². The molecule has 0 aliphatic heterocycles. The molecule has 5 heteroatoms. The van der Waals surface area contributed by atoms with Crippen LogP contribution in [0.15, 0.2) is 29.5 Å². The summed E-state index contributed by atoms with van der Waals surface area (Å²) in [5.41, 5.74) is 7.10. The first-order valence-corrected chi connectivity index (χ1v) is 6.63. The quantitative estimate of drug-likeness (QED) is 0.473. The van der Waals surface area contributed by atoms with E-state index < -0.39 is 0 Å². The predicted octanol–water partition coefficient (Wildman–Crippen LogP) is 2.51. The smallest absolute Gasteiger partial charge is 0.188 e. The SMILES string of the molecule is CC(C)C(CN=C(N)NC1CC1)c1cccnc1.I. The fraction of sp³-hybridized carbons (Fsp3) is 0.571. The summed E-state index contributed by atoms with van der Waals surface area (Å²) in [4.78, 5) is 8.64. The number of nitrogens with two attached hydrogens (primary N) is 1. The number of nitrogens with one attached hydrogen (secondary N) is 1. The molecular weight excluding hydrogens is 351 g/mol. The van der Waals surface area contributed by atoms with E-state index >= 15 is 0 Å². The molecule has 0 radical (unpaired) electrons. The Balaban J connectivity index is 0.00000180. The molecule has 4 nitrogen and oxygen atoms in total. The summed E-state index contributed by atoms with van der Waals surface area (Å²) in [6.45, 7) is 5.13. The minimum absolute atomic E-state index is 0. The van der Waals surface area contributed by atoms with Crippen molar-refractivity contribution in [1.82, 2.24) is 10.3 Å². The van der Waals surface area contributed by atoms with E-state index in [4.69, 9.17) is 5.73 Å². The Hall–Kier alpha value is -0.850. The number of hydrogen-bond donors (Lipinski definition) is 2. The summed E-state index contributed by atoms with van der Waals surface area (Å²) in [6, 6.07) is 4.64. The van der Waals surface area contributed by atoms with Crippen LogP contribution in [0.25, 0.3) is 0 Å². The second-order valence-corrected chi connectivity index (χ2v) is 5.28. The van der Waals surface area contributed by atoms with Gasteiger partial charge >= 0.3 is 0 Å². The molecule has 1 aliphatic rings. The van der Waals surface area contributed by atoms with Crippen LogP contribution in [-0.4, -0.2) is 23.5 Å². The van der Waals surface area contributed by atoms with E-state index in [1.165, 1.54) is 18.4 Å². The molecule has 1 fully saturated rings. The number of aliphatic imine (C=N–C) groups is 1. The third-order valence-corrected chi connectivity index (χ3v) is 3.30. The maximum atomic E-state index is 5.86. The molecule has 106 valence electrons. The minimum atomic E-state index is 0.